The first-order valence-electron chi connectivity index (χ1n) is 9.50. The first kappa shape index (κ1) is 22.9. The highest BCUT2D eigenvalue weighted by Gasteiger charge is 2.18. The van der Waals surface area contributed by atoms with Crippen molar-refractivity contribution < 1.29 is 24.0 Å². The lowest BCUT2D eigenvalue weighted by molar-refractivity contribution is -0.114. The minimum atomic E-state index is -0.360. The number of hydrogen-bond acceptors (Lipinski definition) is 6. The number of carbonyl (C=O) groups is 2. The van der Waals surface area contributed by atoms with Crippen LogP contribution in [0.4, 0.5) is 0 Å². The van der Waals surface area contributed by atoms with Crippen LogP contribution in [-0.4, -0.2) is 38.3 Å². The molecule has 0 aliphatic rings. The normalized spacial score (nSPS) is 11.0. The van der Waals surface area contributed by atoms with Crippen LogP contribution in [0.2, 0.25) is 0 Å². The fourth-order valence-electron chi connectivity index (χ4n) is 2.84. The summed E-state index contributed by atoms with van der Waals surface area (Å²) in [7, 11) is 2.92. The number of nitrogens with zero attached hydrogens (tertiary/aromatic N) is 1. The van der Waals surface area contributed by atoms with E-state index in [9.17, 15) is 9.59 Å². The molecule has 0 heterocycles. The molecule has 8 nitrogen and oxygen atoms in total. The fourth-order valence-corrected chi connectivity index (χ4v) is 2.84. The van der Waals surface area contributed by atoms with Gasteiger partial charge in [-0.2, -0.15) is 0 Å². The van der Waals surface area contributed by atoms with E-state index < -0.39 is 0 Å². The topological polar surface area (TPSA) is 98.2 Å². The van der Waals surface area contributed by atoms with Crippen molar-refractivity contribution in [3.8, 4) is 5.75 Å². The number of hydroxylamine groups is 1. The number of ether oxygens (including phenoxy) is 1. The van der Waals surface area contributed by atoms with Crippen molar-refractivity contribution >= 4 is 17.5 Å². The van der Waals surface area contributed by atoms with E-state index in [1.165, 1.54) is 14.2 Å². The molecule has 0 saturated heterocycles. The lowest BCUT2D eigenvalue weighted by Crippen LogP contribution is -2.29. The van der Waals surface area contributed by atoms with Gasteiger partial charge in [-0.15, -0.1) is 0 Å². The average molecular weight is 413 g/mol. The number of nitrogens with one attached hydrogen (secondary N) is 2. The third-order valence-corrected chi connectivity index (χ3v) is 4.36. The van der Waals surface area contributed by atoms with Crippen LogP contribution in [0.25, 0.3) is 0 Å². The molecule has 8 heteroatoms. The van der Waals surface area contributed by atoms with Crippen molar-refractivity contribution in [1.82, 2.24) is 10.8 Å². The molecule has 160 valence electrons. The number of aryl methyl sites for hydroxylation is 2. The molecule has 0 spiro atoms. The van der Waals surface area contributed by atoms with E-state index in [2.05, 4.69) is 16.0 Å². The van der Waals surface area contributed by atoms with E-state index in [0.717, 1.165) is 16.7 Å². The molecular formula is C22H27N3O5. The quantitative estimate of drug-likeness (QED) is 0.487. The van der Waals surface area contributed by atoms with Gasteiger partial charge in [-0.25, -0.2) is 5.48 Å². The number of hydrogen-bond donors (Lipinski definition) is 2. The molecule has 0 radical (unpaired) electrons. The number of benzene rings is 2. The Labute approximate surface area is 176 Å². The average Bonchev–Trinajstić information content (AvgIpc) is 2.75. The fraction of sp³-hybridized carbons (Fsp3) is 0.318. The van der Waals surface area contributed by atoms with Gasteiger partial charge in [0, 0.05) is 18.2 Å². The Morgan fingerprint density at radius 1 is 1.07 bits per heavy atom. The summed E-state index contributed by atoms with van der Waals surface area (Å²) < 4.78 is 6.01. The van der Waals surface area contributed by atoms with Crippen LogP contribution < -0.4 is 15.5 Å². The van der Waals surface area contributed by atoms with Crippen LogP contribution in [0.3, 0.4) is 0 Å². The number of carbonyl (C=O) groups excluding carboxylic acids is 2. The van der Waals surface area contributed by atoms with Gasteiger partial charge in [-0.05, 0) is 49.6 Å². The molecule has 0 bridgehead atoms. The van der Waals surface area contributed by atoms with E-state index in [-0.39, 0.29) is 24.1 Å². The predicted molar refractivity (Wildman–Crippen MR) is 113 cm³/mol. The number of rotatable bonds is 9. The van der Waals surface area contributed by atoms with E-state index in [0.29, 0.717) is 23.5 Å². The van der Waals surface area contributed by atoms with Crippen molar-refractivity contribution in [3.05, 3.63) is 64.2 Å². The maximum absolute atomic E-state index is 12.2. The van der Waals surface area contributed by atoms with Gasteiger partial charge in [-0.1, -0.05) is 29.4 Å². The highest BCUT2D eigenvalue weighted by molar-refractivity contribution is 6.45. The van der Waals surface area contributed by atoms with Gasteiger partial charge in [0.1, 0.15) is 19.5 Å². The van der Waals surface area contributed by atoms with E-state index in [1.807, 2.05) is 38.1 Å². The van der Waals surface area contributed by atoms with Crippen LogP contribution in [0, 0.1) is 13.8 Å². The standard InChI is InChI=1S/C22H27N3O5/c1-6-30-25-21(26)18-11-15(3)19(12-14(18)2)29-13-16-9-7-8-10-17(16)20(24-28-5)22(27)23-4/h7-12H,6,13H2,1-5H3,(H,23,27)(H,25,26). The van der Waals surface area contributed by atoms with Crippen LogP contribution >= 0.6 is 0 Å². The molecule has 0 unspecified atom stereocenters. The number of oxime groups is 1. The summed E-state index contributed by atoms with van der Waals surface area (Å²) in [5.74, 6) is -0.0261. The second-order valence-corrected chi connectivity index (χ2v) is 6.44. The highest BCUT2D eigenvalue weighted by atomic mass is 16.6. The summed E-state index contributed by atoms with van der Waals surface area (Å²) in [6, 6.07) is 10.9. The van der Waals surface area contributed by atoms with E-state index in [4.69, 9.17) is 14.4 Å². The van der Waals surface area contributed by atoms with Crippen molar-refractivity contribution in [2.45, 2.75) is 27.4 Å². The summed E-state index contributed by atoms with van der Waals surface area (Å²) in [6.07, 6.45) is 0. The van der Waals surface area contributed by atoms with Crippen molar-refractivity contribution in [2.75, 3.05) is 20.8 Å². The van der Waals surface area contributed by atoms with Crippen molar-refractivity contribution in [3.63, 3.8) is 0 Å². The van der Waals surface area contributed by atoms with Gasteiger partial charge in [0.25, 0.3) is 11.8 Å². The molecule has 2 amide bonds. The SMILES string of the molecule is CCONC(=O)c1cc(C)c(OCc2ccccc2C(=NOC)C(=O)NC)cc1C. The zero-order valence-electron chi connectivity index (χ0n) is 17.9. The second-order valence-electron chi connectivity index (χ2n) is 6.44. The first-order valence-corrected chi connectivity index (χ1v) is 9.50. The Kier molecular flexibility index (Phi) is 8.37. The Hall–Kier alpha value is -3.39. The van der Waals surface area contributed by atoms with Crippen LogP contribution in [0.1, 0.15) is 39.5 Å². The predicted octanol–water partition coefficient (Wildman–Crippen LogP) is 2.66. The summed E-state index contributed by atoms with van der Waals surface area (Å²) in [6.45, 7) is 6.08. The van der Waals surface area contributed by atoms with Gasteiger partial charge in [0.05, 0.1) is 6.61 Å². The second kappa shape index (κ2) is 11.0. The molecule has 2 N–H and O–H groups in total. The summed E-state index contributed by atoms with van der Waals surface area (Å²) >= 11 is 0. The zero-order chi connectivity index (χ0) is 22.1. The largest absolute Gasteiger partial charge is 0.489 e. The summed E-state index contributed by atoms with van der Waals surface area (Å²) in [5.41, 5.74) is 6.02. The molecular weight excluding hydrogens is 386 g/mol. The molecule has 0 saturated carbocycles. The van der Waals surface area contributed by atoms with Crippen LogP contribution in [0.15, 0.2) is 41.6 Å². The summed E-state index contributed by atoms with van der Waals surface area (Å²) in [4.78, 5) is 34.2. The summed E-state index contributed by atoms with van der Waals surface area (Å²) in [5, 5.41) is 6.42. The lowest BCUT2D eigenvalue weighted by atomic mass is 10.0. The van der Waals surface area contributed by atoms with Crippen LogP contribution in [-0.2, 0) is 21.1 Å². The molecule has 0 aromatic heterocycles. The van der Waals surface area contributed by atoms with Gasteiger partial charge >= 0.3 is 0 Å². The first-order chi connectivity index (χ1) is 14.4. The van der Waals surface area contributed by atoms with E-state index in [1.54, 1.807) is 19.1 Å². The minimum absolute atomic E-state index is 0.162. The van der Waals surface area contributed by atoms with Gasteiger partial charge < -0.3 is 14.9 Å². The van der Waals surface area contributed by atoms with Crippen LogP contribution in [0.5, 0.6) is 5.75 Å². The van der Waals surface area contributed by atoms with Crippen molar-refractivity contribution in [1.29, 1.82) is 0 Å². The molecule has 2 rings (SSSR count). The Morgan fingerprint density at radius 3 is 2.47 bits per heavy atom. The molecule has 0 fully saturated rings. The zero-order valence-corrected chi connectivity index (χ0v) is 17.9. The highest BCUT2D eigenvalue weighted by Crippen LogP contribution is 2.24. The number of likely N-dealkylation sites (N-methyl/N-ethyl adjacent to an activating group) is 1. The Bertz CT molecular complexity index is 940. The minimum Gasteiger partial charge on any atom is -0.489 e. The lowest BCUT2D eigenvalue weighted by Gasteiger charge is -2.15. The molecule has 2 aromatic rings. The molecule has 0 aliphatic carbocycles. The van der Waals surface area contributed by atoms with Crippen molar-refractivity contribution in [2.24, 2.45) is 5.16 Å². The third kappa shape index (κ3) is 5.57. The third-order valence-electron chi connectivity index (χ3n) is 4.36. The monoisotopic (exact) mass is 413 g/mol. The Morgan fingerprint density at radius 2 is 1.80 bits per heavy atom. The van der Waals surface area contributed by atoms with E-state index >= 15 is 0 Å². The molecule has 0 atom stereocenters. The smallest absolute Gasteiger partial charge is 0.275 e. The molecule has 2 aromatic carbocycles. The maximum atomic E-state index is 12.2. The van der Waals surface area contributed by atoms with Gasteiger partial charge in [-0.3, -0.25) is 14.4 Å². The Balaban J connectivity index is 2.26. The maximum Gasteiger partial charge on any atom is 0.275 e. The molecule has 30 heavy (non-hydrogen) atoms. The van der Waals surface area contributed by atoms with Gasteiger partial charge in [0.15, 0.2) is 5.71 Å². The molecule has 0 aliphatic heterocycles. The number of amides is 2. The van der Waals surface area contributed by atoms with Gasteiger partial charge in [0.2, 0.25) is 0 Å².